The maximum atomic E-state index is 11.0. The number of nitrogens with zero attached hydrogens (tertiary/aromatic N) is 1. The molecule has 0 unspecified atom stereocenters. The van der Waals surface area contributed by atoms with Crippen molar-refractivity contribution in [3.05, 3.63) is 61.6 Å². The third kappa shape index (κ3) is 2.97. The van der Waals surface area contributed by atoms with Gasteiger partial charge in [0.05, 0.1) is 14.4 Å². The van der Waals surface area contributed by atoms with Crippen molar-refractivity contribution in [2.24, 2.45) is 0 Å². The number of halogens is 2. The second-order valence-electron chi connectivity index (χ2n) is 3.75. The first kappa shape index (κ1) is 14.5. The molecule has 20 heavy (non-hydrogen) atoms. The van der Waals surface area contributed by atoms with Crippen molar-refractivity contribution in [2.45, 2.75) is 0 Å². The fourth-order valence-corrected chi connectivity index (χ4v) is 2.18. The highest BCUT2D eigenvalue weighted by Crippen LogP contribution is 2.38. The molecule has 0 aliphatic carbocycles. The molecule has 0 saturated carbocycles. The van der Waals surface area contributed by atoms with E-state index >= 15 is 0 Å². The fraction of sp³-hybridized carbons (Fsp3) is 0. The van der Waals surface area contributed by atoms with Gasteiger partial charge in [-0.3, -0.25) is 14.9 Å². The average Bonchev–Trinajstić information content (AvgIpc) is 2.41. The van der Waals surface area contributed by atoms with Crippen molar-refractivity contribution in [2.75, 3.05) is 0 Å². The standard InChI is InChI=1S/C13H7BrClNO4/c14-10-2-1-3-12(16(18)19)13(10)20-9-5-4-8(7-17)11(15)6-9/h1-7H. The van der Waals surface area contributed by atoms with Gasteiger partial charge in [-0.05, 0) is 34.1 Å². The van der Waals surface area contributed by atoms with Gasteiger partial charge in [0.15, 0.2) is 6.29 Å². The van der Waals surface area contributed by atoms with E-state index in [0.29, 0.717) is 22.1 Å². The van der Waals surface area contributed by atoms with E-state index < -0.39 is 4.92 Å². The topological polar surface area (TPSA) is 69.4 Å². The van der Waals surface area contributed by atoms with Gasteiger partial charge in [-0.25, -0.2) is 0 Å². The zero-order valence-electron chi connectivity index (χ0n) is 9.88. The molecule has 0 amide bonds. The molecule has 0 N–H and O–H groups in total. The maximum Gasteiger partial charge on any atom is 0.312 e. The Hall–Kier alpha value is -1.92. The third-order valence-electron chi connectivity index (χ3n) is 2.46. The smallest absolute Gasteiger partial charge is 0.312 e. The average molecular weight is 357 g/mol. The quantitative estimate of drug-likeness (QED) is 0.455. The van der Waals surface area contributed by atoms with Gasteiger partial charge in [0.25, 0.3) is 0 Å². The van der Waals surface area contributed by atoms with Crippen LogP contribution in [0.1, 0.15) is 10.4 Å². The molecule has 0 radical (unpaired) electrons. The molecule has 5 nitrogen and oxygen atoms in total. The van der Waals surface area contributed by atoms with Crippen molar-refractivity contribution < 1.29 is 14.5 Å². The largest absolute Gasteiger partial charge is 0.449 e. The number of benzene rings is 2. The Morgan fingerprint density at radius 2 is 2.05 bits per heavy atom. The Kier molecular flexibility index (Phi) is 4.36. The number of carbonyl (C=O) groups is 1. The molecule has 0 atom stereocenters. The van der Waals surface area contributed by atoms with Crippen LogP contribution in [-0.2, 0) is 0 Å². The first-order valence-electron chi connectivity index (χ1n) is 5.38. The Morgan fingerprint density at radius 3 is 2.65 bits per heavy atom. The maximum absolute atomic E-state index is 11.0. The summed E-state index contributed by atoms with van der Waals surface area (Å²) >= 11 is 9.08. The number of rotatable bonds is 4. The van der Waals surface area contributed by atoms with Crippen molar-refractivity contribution in [1.29, 1.82) is 0 Å². The number of carbonyl (C=O) groups excluding carboxylic acids is 1. The summed E-state index contributed by atoms with van der Waals surface area (Å²) in [5.41, 5.74) is 0.149. The molecule has 2 aromatic rings. The Morgan fingerprint density at radius 1 is 1.30 bits per heavy atom. The lowest BCUT2D eigenvalue weighted by Crippen LogP contribution is -1.94. The lowest BCUT2D eigenvalue weighted by molar-refractivity contribution is -0.385. The molecule has 7 heteroatoms. The van der Waals surface area contributed by atoms with Gasteiger partial charge in [0.1, 0.15) is 5.75 Å². The molecule has 0 aromatic heterocycles. The molecular weight excluding hydrogens is 350 g/mol. The lowest BCUT2D eigenvalue weighted by atomic mass is 10.2. The predicted molar refractivity (Wildman–Crippen MR) is 77.7 cm³/mol. The second kappa shape index (κ2) is 6.02. The second-order valence-corrected chi connectivity index (χ2v) is 5.01. The van der Waals surface area contributed by atoms with E-state index in [0.717, 1.165) is 0 Å². The highest BCUT2D eigenvalue weighted by molar-refractivity contribution is 9.10. The monoisotopic (exact) mass is 355 g/mol. The van der Waals surface area contributed by atoms with Gasteiger partial charge in [-0.15, -0.1) is 0 Å². The molecule has 2 rings (SSSR count). The van der Waals surface area contributed by atoms with Crippen LogP contribution in [-0.4, -0.2) is 11.2 Å². The number of para-hydroxylation sites is 1. The van der Waals surface area contributed by atoms with E-state index in [4.69, 9.17) is 16.3 Å². The van der Waals surface area contributed by atoms with Crippen LogP contribution in [0.5, 0.6) is 11.5 Å². The highest BCUT2D eigenvalue weighted by atomic mass is 79.9. The number of hydrogen-bond acceptors (Lipinski definition) is 4. The minimum absolute atomic E-state index is 0.0763. The summed E-state index contributed by atoms with van der Waals surface area (Å²) < 4.78 is 5.94. The van der Waals surface area contributed by atoms with E-state index in [1.807, 2.05) is 0 Å². The van der Waals surface area contributed by atoms with Gasteiger partial charge >= 0.3 is 5.69 Å². The zero-order valence-corrected chi connectivity index (χ0v) is 12.2. The molecule has 0 aliphatic heterocycles. The molecule has 0 saturated heterocycles. The summed E-state index contributed by atoms with van der Waals surface area (Å²) in [4.78, 5) is 21.1. The van der Waals surface area contributed by atoms with Crippen LogP contribution in [0.15, 0.2) is 40.9 Å². The van der Waals surface area contributed by atoms with Crippen LogP contribution >= 0.6 is 27.5 Å². The minimum atomic E-state index is -0.540. The SMILES string of the molecule is O=Cc1ccc(Oc2c(Br)cccc2[N+](=O)[O-])cc1Cl. The van der Waals surface area contributed by atoms with E-state index in [1.165, 1.54) is 30.3 Å². The van der Waals surface area contributed by atoms with Gasteiger partial charge in [-0.1, -0.05) is 17.7 Å². The molecule has 0 aliphatic rings. The van der Waals surface area contributed by atoms with Gasteiger partial charge in [-0.2, -0.15) is 0 Å². The molecule has 0 heterocycles. The van der Waals surface area contributed by atoms with Crippen LogP contribution < -0.4 is 4.74 Å². The molecule has 0 bridgehead atoms. The Balaban J connectivity index is 2.42. The van der Waals surface area contributed by atoms with Crippen LogP contribution in [0.3, 0.4) is 0 Å². The van der Waals surface area contributed by atoms with Crippen molar-refractivity contribution in [3.8, 4) is 11.5 Å². The summed E-state index contributed by atoms with van der Waals surface area (Å²) in [6.45, 7) is 0. The van der Waals surface area contributed by atoms with Crippen molar-refractivity contribution in [3.63, 3.8) is 0 Å². The molecular formula is C13H7BrClNO4. The molecule has 0 spiro atoms. The predicted octanol–water partition coefficient (Wildman–Crippen LogP) is 4.62. The third-order valence-corrected chi connectivity index (χ3v) is 3.41. The summed E-state index contributed by atoms with van der Waals surface area (Å²) in [5.74, 6) is 0.378. The van der Waals surface area contributed by atoms with Crippen molar-refractivity contribution in [1.82, 2.24) is 0 Å². The van der Waals surface area contributed by atoms with Gasteiger partial charge in [0.2, 0.25) is 5.75 Å². The summed E-state index contributed by atoms with van der Waals surface area (Å²) in [7, 11) is 0. The van der Waals surface area contributed by atoms with Gasteiger partial charge in [0, 0.05) is 17.7 Å². The highest BCUT2D eigenvalue weighted by Gasteiger charge is 2.19. The van der Waals surface area contributed by atoms with Crippen LogP contribution in [0.2, 0.25) is 5.02 Å². The van der Waals surface area contributed by atoms with E-state index in [1.54, 1.807) is 6.07 Å². The zero-order chi connectivity index (χ0) is 14.7. The van der Waals surface area contributed by atoms with Gasteiger partial charge < -0.3 is 4.74 Å². The Labute approximate surface area is 127 Å². The molecule has 102 valence electrons. The fourth-order valence-electron chi connectivity index (χ4n) is 1.53. The minimum Gasteiger partial charge on any atom is -0.449 e. The Bertz CT molecular complexity index is 690. The van der Waals surface area contributed by atoms with Crippen LogP contribution in [0.25, 0.3) is 0 Å². The number of ether oxygens (including phenoxy) is 1. The number of aldehydes is 1. The first-order valence-corrected chi connectivity index (χ1v) is 6.55. The summed E-state index contributed by atoms with van der Waals surface area (Å²) in [6, 6.07) is 8.92. The number of hydrogen-bond donors (Lipinski definition) is 0. The van der Waals surface area contributed by atoms with Crippen LogP contribution in [0, 0.1) is 10.1 Å². The lowest BCUT2D eigenvalue weighted by Gasteiger charge is -2.09. The number of nitro benzene ring substituents is 1. The number of nitro groups is 1. The van der Waals surface area contributed by atoms with E-state index in [9.17, 15) is 14.9 Å². The summed E-state index contributed by atoms with van der Waals surface area (Å²) in [5, 5.41) is 11.2. The summed E-state index contributed by atoms with van der Waals surface area (Å²) in [6.07, 6.45) is 0.618. The molecule has 2 aromatic carbocycles. The van der Waals surface area contributed by atoms with Crippen LogP contribution in [0.4, 0.5) is 5.69 Å². The van der Waals surface area contributed by atoms with Crippen molar-refractivity contribution >= 4 is 39.5 Å². The molecule has 0 fully saturated rings. The first-order chi connectivity index (χ1) is 9.52. The van der Waals surface area contributed by atoms with E-state index in [-0.39, 0.29) is 16.5 Å². The van der Waals surface area contributed by atoms with E-state index in [2.05, 4.69) is 15.9 Å². The normalized spacial score (nSPS) is 10.1.